The zero-order valence-corrected chi connectivity index (χ0v) is 16.6. The van der Waals surface area contributed by atoms with Crippen molar-refractivity contribution >= 4 is 28.7 Å². The van der Waals surface area contributed by atoms with E-state index in [1.54, 1.807) is 4.90 Å². The Morgan fingerprint density at radius 2 is 1.97 bits per heavy atom. The standard InChI is InChI=1S/C20H18F3N7O2/c21-20(22,23)11-2-1-3-12(4-11)27-18(32)28-13-5-19(6-13)8-30(9-19)17(31)15-14-7-26-29-16(14)25-10-24-15/h1-4,7,10,13H,5-6,8-9H2,(H2,27,28,32)(H,24,25,26,29). The number of halogens is 3. The van der Waals surface area contributed by atoms with Crippen LogP contribution in [0.25, 0.3) is 11.0 Å². The summed E-state index contributed by atoms with van der Waals surface area (Å²) in [6, 6.07) is 3.82. The molecular formula is C20H18F3N7O2. The van der Waals surface area contributed by atoms with E-state index in [1.165, 1.54) is 24.7 Å². The molecule has 0 radical (unpaired) electrons. The number of nitrogens with one attached hydrogen (secondary N) is 3. The van der Waals surface area contributed by atoms with E-state index < -0.39 is 17.8 Å². The van der Waals surface area contributed by atoms with Crippen LogP contribution in [0.5, 0.6) is 0 Å². The van der Waals surface area contributed by atoms with Gasteiger partial charge < -0.3 is 15.5 Å². The molecule has 1 saturated carbocycles. The number of anilines is 1. The van der Waals surface area contributed by atoms with E-state index in [0.29, 0.717) is 42.7 Å². The van der Waals surface area contributed by atoms with Crippen molar-refractivity contribution in [3.05, 3.63) is 48.0 Å². The first kappa shape index (κ1) is 20.2. The number of aromatic amines is 1. The molecule has 2 aromatic heterocycles. The lowest BCUT2D eigenvalue weighted by atomic mass is 9.60. The summed E-state index contributed by atoms with van der Waals surface area (Å²) < 4.78 is 38.4. The molecule has 0 unspecified atom stereocenters. The smallest absolute Gasteiger partial charge is 0.336 e. The molecule has 5 rings (SSSR count). The molecule has 166 valence electrons. The number of benzene rings is 1. The first-order valence-corrected chi connectivity index (χ1v) is 9.91. The lowest BCUT2D eigenvalue weighted by molar-refractivity contribution is -0.137. The van der Waals surface area contributed by atoms with Gasteiger partial charge in [0.1, 0.15) is 12.0 Å². The maximum atomic E-state index is 12.8. The highest BCUT2D eigenvalue weighted by Gasteiger charge is 2.54. The van der Waals surface area contributed by atoms with Crippen LogP contribution in [0.4, 0.5) is 23.7 Å². The molecule has 12 heteroatoms. The van der Waals surface area contributed by atoms with Crippen LogP contribution in [0.15, 0.2) is 36.8 Å². The Labute approximate surface area is 179 Å². The van der Waals surface area contributed by atoms with E-state index in [9.17, 15) is 22.8 Å². The number of hydrogen-bond donors (Lipinski definition) is 3. The predicted molar refractivity (Wildman–Crippen MR) is 107 cm³/mol. The number of hydrogen-bond acceptors (Lipinski definition) is 5. The van der Waals surface area contributed by atoms with Crippen LogP contribution in [0, 0.1) is 5.41 Å². The van der Waals surface area contributed by atoms with Gasteiger partial charge in [0.15, 0.2) is 5.65 Å². The van der Waals surface area contributed by atoms with Gasteiger partial charge in [-0.15, -0.1) is 0 Å². The molecule has 3 aromatic rings. The SMILES string of the molecule is O=C(Nc1cccc(C(F)(F)F)c1)NC1CC2(C1)CN(C(=O)c1ncnc3[nH]ncc13)C2. The van der Waals surface area contributed by atoms with Crippen molar-refractivity contribution in [3.8, 4) is 0 Å². The summed E-state index contributed by atoms with van der Waals surface area (Å²) in [4.78, 5) is 34.7. The summed E-state index contributed by atoms with van der Waals surface area (Å²) in [7, 11) is 0. The molecule has 3 N–H and O–H groups in total. The molecule has 1 spiro atoms. The van der Waals surface area contributed by atoms with Crippen molar-refractivity contribution < 1.29 is 22.8 Å². The van der Waals surface area contributed by atoms with Crippen molar-refractivity contribution in [2.24, 2.45) is 5.41 Å². The summed E-state index contributed by atoms with van der Waals surface area (Å²) in [5.41, 5.74) is -0.00570. The van der Waals surface area contributed by atoms with Crippen molar-refractivity contribution in [1.29, 1.82) is 0 Å². The summed E-state index contributed by atoms with van der Waals surface area (Å²) in [5.74, 6) is -0.192. The van der Waals surface area contributed by atoms with E-state index >= 15 is 0 Å². The molecular weight excluding hydrogens is 427 g/mol. The van der Waals surface area contributed by atoms with E-state index in [0.717, 1.165) is 12.1 Å². The Morgan fingerprint density at radius 1 is 1.19 bits per heavy atom. The fourth-order valence-corrected chi connectivity index (χ4v) is 4.46. The fourth-order valence-electron chi connectivity index (χ4n) is 4.46. The molecule has 1 aliphatic heterocycles. The predicted octanol–water partition coefficient (Wildman–Crippen LogP) is 2.80. The summed E-state index contributed by atoms with van der Waals surface area (Å²) in [6.07, 6.45) is -0.257. The minimum absolute atomic E-state index is 0.0493. The van der Waals surface area contributed by atoms with Gasteiger partial charge >= 0.3 is 12.2 Å². The number of alkyl halides is 3. The largest absolute Gasteiger partial charge is 0.416 e. The molecule has 1 saturated heterocycles. The Balaban J connectivity index is 1.12. The number of carbonyl (C=O) groups is 2. The molecule has 3 heterocycles. The Hall–Kier alpha value is -3.70. The van der Waals surface area contributed by atoms with Crippen molar-refractivity contribution in [2.75, 3.05) is 18.4 Å². The number of likely N-dealkylation sites (tertiary alicyclic amines) is 1. The third-order valence-electron chi connectivity index (χ3n) is 5.93. The number of amides is 3. The molecule has 3 amide bonds. The molecule has 0 bridgehead atoms. The number of fused-ring (bicyclic) bond motifs is 1. The van der Waals surface area contributed by atoms with Crippen molar-refractivity contribution in [2.45, 2.75) is 25.1 Å². The second-order valence-electron chi connectivity index (χ2n) is 8.30. The molecule has 0 atom stereocenters. The van der Waals surface area contributed by atoms with Gasteiger partial charge in [0.05, 0.1) is 17.1 Å². The topological polar surface area (TPSA) is 116 Å². The first-order valence-electron chi connectivity index (χ1n) is 9.91. The Morgan fingerprint density at radius 3 is 2.72 bits per heavy atom. The summed E-state index contributed by atoms with van der Waals surface area (Å²) in [6.45, 7) is 1.12. The van der Waals surface area contributed by atoms with Crippen LogP contribution in [0.2, 0.25) is 0 Å². The lowest BCUT2D eigenvalue weighted by Crippen LogP contribution is -2.67. The quantitative estimate of drug-likeness (QED) is 0.573. The highest BCUT2D eigenvalue weighted by atomic mass is 19.4. The van der Waals surface area contributed by atoms with Crippen molar-refractivity contribution in [1.82, 2.24) is 30.4 Å². The van der Waals surface area contributed by atoms with E-state index in [4.69, 9.17) is 0 Å². The number of urea groups is 1. The number of carbonyl (C=O) groups excluding carboxylic acids is 2. The second-order valence-corrected chi connectivity index (χ2v) is 8.30. The highest BCUT2D eigenvalue weighted by molar-refractivity contribution is 6.03. The second kappa shape index (κ2) is 7.18. The maximum absolute atomic E-state index is 12.8. The van der Waals surface area contributed by atoms with Gasteiger partial charge in [0.2, 0.25) is 0 Å². The Kier molecular flexibility index (Phi) is 4.53. The zero-order chi connectivity index (χ0) is 22.5. The third-order valence-corrected chi connectivity index (χ3v) is 5.93. The third kappa shape index (κ3) is 3.61. The monoisotopic (exact) mass is 445 g/mol. The number of rotatable bonds is 3. The van der Waals surface area contributed by atoms with E-state index in [-0.39, 0.29) is 23.1 Å². The average Bonchev–Trinajstić information content (AvgIpc) is 3.16. The zero-order valence-electron chi connectivity index (χ0n) is 16.6. The van der Waals surface area contributed by atoms with Gasteiger partial charge in [-0.3, -0.25) is 9.89 Å². The van der Waals surface area contributed by atoms with Gasteiger partial charge in [-0.2, -0.15) is 18.3 Å². The lowest BCUT2D eigenvalue weighted by Gasteiger charge is -2.58. The van der Waals surface area contributed by atoms with Crippen LogP contribution in [0.1, 0.15) is 28.9 Å². The van der Waals surface area contributed by atoms with Crippen LogP contribution < -0.4 is 10.6 Å². The fraction of sp³-hybridized carbons (Fsp3) is 0.350. The van der Waals surface area contributed by atoms with Gasteiger partial charge in [-0.1, -0.05) is 6.07 Å². The van der Waals surface area contributed by atoms with Crippen molar-refractivity contribution in [3.63, 3.8) is 0 Å². The first-order chi connectivity index (χ1) is 15.2. The van der Waals surface area contributed by atoms with Crippen LogP contribution in [-0.4, -0.2) is 56.1 Å². The van der Waals surface area contributed by atoms with Crippen LogP contribution in [-0.2, 0) is 6.18 Å². The van der Waals surface area contributed by atoms with Gasteiger partial charge in [-0.25, -0.2) is 14.8 Å². The molecule has 2 fully saturated rings. The van der Waals surface area contributed by atoms with E-state index in [2.05, 4.69) is 30.8 Å². The summed E-state index contributed by atoms with van der Waals surface area (Å²) >= 11 is 0. The normalized spacial score (nSPS) is 17.7. The highest BCUT2D eigenvalue weighted by Crippen LogP contribution is 2.48. The molecule has 9 nitrogen and oxygen atoms in total. The molecule has 1 aromatic carbocycles. The molecule has 32 heavy (non-hydrogen) atoms. The molecule has 1 aliphatic carbocycles. The molecule has 2 aliphatic rings. The number of aromatic nitrogens is 4. The van der Waals surface area contributed by atoms with Crippen LogP contribution >= 0.6 is 0 Å². The minimum Gasteiger partial charge on any atom is -0.336 e. The number of H-pyrrole nitrogens is 1. The average molecular weight is 445 g/mol. The minimum atomic E-state index is -4.47. The van der Waals surface area contributed by atoms with Gasteiger partial charge in [-0.05, 0) is 31.0 Å². The van der Waals surface area contributed by atoms with Gasteiger partial charge in [0, 0.05) is 30.2 Å². The summed E-state index contributed by atoms with van der Waals surface area (Å²) in [5, 5.41) is 12.4. The Bertz CT molecular complexity index is 1200. The van der Waals surface area contributed by atoms with E-state index in [1.807, 2.05) is 0 Å². The van der Waals surface area contributed by atoms with Gasteiger partial charge in [0.25, 0.3) is 5.91 Å². The number of nitrogens with zero attached hydrogens (tertiary/aromatic N) is 4. The van der Waals surface area contributed by atoms with Crippen LogP contribution in [0.3, 0.4) is 0 Å². The maximum Gasteiger partial charge on any atom is 0.416 e.